The Bertz CT molecular complexity index is 706. The van der Waals surface area contributed by atoms with Crippen molar-refractivity contribution < 1.29 is 13.9 Å². The van der Waals surface area contributed by atoms with Crippen molar-refractivity contribution in [3.8, 4) is 0 Å². The molecule has 0 fully saturated rings. The van der Waals surface area contributed by atoms with E-state index in [0.717, 1.165) is 16.9 Å². The number of rotatable bonds is 8. The average Bonchev–Trinajstić information content (AvgIpc) is 3.12. The van der Waals surface area contributed by atoms with E-state index >= 15 is 0 Å². The average molecular weight is 373 g/mol. The minimum Gasteiger partial charge on any atom is -0.468 e. The third-order valence-corrected chi connectivity index (χ3v) is 4.07. The van der Waals surface area contributed by atoms with E-state index in [4.69, 9.17) is 9.15 Å². The Hall–Kier alpha value is -2.31. The van der Waals surface area contributed by atoms with Crippen LogP contribution in [-0.4, -0.2) is 37.2 Å². The molecule has 0 saturated carbocycles. The summed E-state index contributed by atoms with van der Waals surface area (Å²) >= 11 is 0. The van der Waals surface area contributed by atoms with E-state index in [0.29, 0.717) is 19.7 Å². The Balaban J connectivity index is 1.81. The number of carbonyl (C=O) groups excluding carboxylic acids is 1. The standard InChI is InChI=1S/C21H31N3O3/c1-21(2,3)27-15-17-9-6-8-16(12-17)13-22-20(25)23-14-18(24(4)5)19-10-7-11-26-19/h6-12,18H,13-15H2,1-5H3,(H2,22,23,25). The molecule has 2 rings (SSSR count). The molecule has 6 nitrogen and oxygen atoms in total. The maximum absolute atomic E-state index is 12.2. The monoisotopic (exact) mass is 373 g/mol. The van der Waals surface area contributed by atoms with Crippen LogP contribution in [0.5, 0.6) is 0 Å². The van der Waals surface area contributed by atoms with Gasteiger partial charge in [-0.1, -0.05) is 24.3 Å². The van der Waals surface area contributed by atoms with Crippen LogP contribution < -0.4 is 10.6 Å². The Labute approximate surface area is 161 Å². The summed E-state index contributed by atoms with van der Waals surface area (Å²) in [7, 11) is 3.91. The molecule has 0 spiro atoms. The Morgan fingerprint density at radius 1 is 1.15 bits per heavy atom. The van der Waals surface area contributed by atoms with Gasteiger partial charge in [0, 0.05) is 13.1 Å². The van der Waals surface area contributed by atoms with Crippen LogP contribution in [0.15, 0.2) is 47.1 Å². The number of benzene rings is 1. The zero-order valence-corrected chi connectivity index (χ0v) is 16.9. The summed E-state index contributed by atoms with van der Waals surface area (Å²) in [6, 6.07) is 11.6. The predicted molar refractivity (Wildman–Crippen MR) is 106 cm³/mol. The molecule has 1 atom stereocenters. The first-order valence-electron chi connectivity index (χ1n) is 9.18. The van der Waals surface area contributed by atoms with Gasteiger partial charge in [-0.05, 0) is 58.1 Å². The lowest BCUT2D eigenvalue weighted by molar-refractivity contribution is -0.0149. The summed E-state index contributed by atoms with van der Waals surface area (Å²) in [6.45, 7) is 7.58. The van der Waals surface area contributed by atoms with E-state index in [1.807, 2.05) is 70.1 Å². The summed E-state index contributed by atoms with van der Waals surface area (Å²) in [5.41, 5.74) is 1.95. The third-order valence-electron chi connectivity index (χ3n) is 4.07. The maximum atomic E-state index is 12.2. The van der Waals surface area contributed by atoms with Crippen LogP contribution in [0.1, 0.15) is 43.7 Å². The molecule has 0 aliphatic rings. The molecular weight excluding hydrogens is 342 g/mol. The highest BCUT2D eigenvalue weighted by molar-refractivity contribution is 5.73. The highest BCUT2D eigenvalue weighted by Gasteiger charge is 2.17. The molecule has 2 N–H and O–H groups in total. The predicted octanol–water partition coefficient (Wildman–Crippen LogP) is 3.70. The van der Waals surface area contributed by atoms with Gasteiger partial charge in [0.2, 0.25) is 0 Å². The summed E-state index contributed by atoms with van der Waals surface area (Å²) in [5, 5.41) is 5.80. The summed E-state index contributed by atoms with van der Waals surface area (Å²) in [5.74, 6) is 0.826. The van der Waals surface area contributed by atoms with Gasteiger partial charge in [-0.15, -0.1) is 0 Å². The third kappa shape index (κ3) is 7.45. The lowest BCUT2D eigenvalue weighted by atomic mass is 10.1. The van der Waals surface area contributed by atoms with Crippen LogP contribution in [0, 0.1) is 0 Å². The molecule has 0 aliphatic heterocycles. The molecule has 0 bridgehead atoms. The molecule has 0 saturated heterocycles. The van der Waals surface area contributed by atoms with Gasteiger partial charge in [0.25, 0.3) is 0 Å². The van der Waals surface area contributed by atoms with E-state index in [1.54, 1.807) is 6.26 Å². The minimum absolute atomic E-state index is 0.0105. The zero-order valence-electron chi connectivity index (χ0n) is 16.9. The number of hydrogen-bond acceptors (Lipinski definition) is 4. The van der Waals surface area contributed by atoms with Gasteiger partial charge in [0.15, 0.2) is 0 Å². The normalized spacial score (nSPS) is 12.8. The van der Waals surface area contributed by atoms with E-state index in [1.165, 1.54) is 0 Å². The molecule has 27 heavy (non-hydrogen) atoms. The van der Waals surface area contributed by atoms with Crippen molar-refractivity contribution in [2.24, 2.45) is 0 Å². The van der Waals surface area contributed by atoms with Crippen molar-refractivity contribution in [3.05, 3.63) is 59.5 Å². The van der Waals surface area contributed by atoms with E-state index in [9.17, 15) is 4.79 Å². The SMILES string of the molecule is CN(C)C(CNC(=O)NCc1cccc(COC(C)(C)C)c1)c1ccco1. The minimum atomic E-state index is -0.204. The van der Waals surface area contributed by atoms with Gasteiger partial charge in [-0.2, -0.15) is 0 Å². The molecule has 1 aromatic carbocycles. The number of carbonyl (C=O) groups is 1. The van der Waals surface area contributed by atoms with Crippen LogP contribution in [0.2, 0.25) is 0 Å². The Morgan fingerprint density at radius 2 is 1.89 bits per heavy atom. The number of nitrogens with one attached hydrogen (secondary N) is 2. The second-order valence-corrected chi connectivity index (χ2v) is 7.78. The van der Waals surface area contributed by atoms with Gasteiger partial charge in [-0.3, -0.25) is 4.90 Å². The lowest BCUT2D eigenvalue weighted by Crippen LogP contribution is -2.40. The quantitative estimate of drug-likeness (QED) is 0.740. The number of hydrogen-bond donors (Lipinski definition) is 2. The molecule has 148 valence electrons. The summed E-state index contributed by atoms with van der Waals surface area (Å²) < 4.78 is 11.3. The topological polar surface area (TPSA) is 66.7 Å². The molecule has 1 heterocycles. The van der Waals surface area contributed by atoms with E-state index < -0.39 is 0 Å². The Kier molecular flexibility index (Phi) is 7.45. The number of nitrogens with zero attached hydrogens (tertiary/aromatic N) is 1. The van der Waals surface area contributed by atoms with Gasteiger partial charge in [-0.25, -0.2) is 4.79 Å². The lowest BCUT2D eigenvalue weighted by Gasteiger charge is -2.22. The largest absolute Gasteiger partial charge is 0.468 e. The smallest absolute Gasteiger partial charge is 0.315 e. The van der Waals surface area contributed by atoms with Crippen LogP contribution in [-0.2, 0) is 17.9 Å². The molecule has 2 aromatic rings. The maximum Gasteiger partial charge on any atom is 0.315 e. The van der Waals surface area contributed by atoms with E-state index in [-0.39, 0.29) is 17.7 Å². The van der Waals surface area contributed by atoms with Crippen LogP contribution >= 0.6 is 0 Å². The van der Waals surface area contributed by atoms with Crippen LogP contribution in [0.4, 0.5) is 4.79 Å². The molecule has 6 heteroatoms. The molecule has 2 amide bonds. The fourth-order valence-electron chi connectivity index (χ4n) is 2.58. The van der Waals surface area contributed by atoms with Gasteiger partial charge >= 0.3 is 6.03 Å². The first-order valence-corrected chi connectivity index (χ1v) is 9.18. The van der Waals surface area contributed by atoms with Crippen molar-refractivity contribution in [1.82, 2.24) is 15.5 Å². The second-order valence-electron chi connectivity index (χ2n) is 7.78. The fraction of sp³-hybridized carbons (Fsp3) is 0.476. The first kappa shape index (κ1) is 21.0. The number of amides is 2. The molecule has 0 radical (unpaired) electrons. The van der Waals surface area contributed by atoms with Gasteiger partial charge in [0.1, 0.15) is 5.76 Å². The van der Waals surface area contributed by atoms with Gasteiger partial charge in [0.05, 0.1) is 24.5 Å². The number of urea groups is 1. The number of likely N-dealkylation sites (N-methyl/N-ethyl adjacent to an activating group) is 1. The molecule has 1 unspecified atom stereocenters. The Morgan fingerprint density at radius 3 is 2.52 bits per heavy atom. The number of ether oxygens (including phenoxy) is 1. The zero-order chi connectivity index (χ0) is 19.9. The highest BCUT2D eigenvalue weighted by atomic mass is 16.5. The molecule has 1 aromatic heterocycles. The van der Waals surface area contributed by atoms with Crippen LogP contribution in [0.25, 0.3) is 0 Å². The number of furan rings is 1. The fourth-order valence-corrected chi connectivity index (χ4v) is 2.58. The van der Waals surface area contributed by atoms with Crippen molar-refractivity contribution in [2.75, 3.05) is 20.6 Å². The summed E-state index contributed by atoms with van der Waals surface area (Å²) in [6.07, 6.45) is 1.64. The van der Waals surface area contributed by atoms with E-state index in [2.05, 4.69) is 16.7 Å². The van der Waals surface area contributed by atoms with Crippen molar-refractivity contribution in [2.45, 2.75) is 45.6 Å². The van der Waals surface area contributed by atoms with Gasteiger partial charge < -0.3 is 19.8 Å². The first-order chi connectivity index (χ1) is 12.7. The second kappa shape index (κ2) is 9.58. The van der Waals surface area contributed by atoms with Crippen molar-refractivity contribution in [1.29, 1.82) is 0 Å². The molecular formula is C21H31N3O3. The summed E-state index contributed by atoms with van der Waals surface area (Å²) in [4.78, 5) is 14.2. The highest BCUT2D eigenvalue weighted by Crippen LogP contribution is 2.17. The molecule has 0 aliphatic carbocycles. The van der Waals surface area contributed by atoms with Crippen molar-refractivity contribution in [3.63, 3.8) is 0 Å². The van der Waals surface area contributed by atoms with Crippen LogP contribution in [0.3, 0.4) is 0 Å². The van der Waals surface area contributed by atoms with Crippen molar-refractivity contribution >= 4 is 6.03 Å².